The number of allylic oxidation sites excluding steroid dienone is 16. The minimum atomic E-state index is -0.753. The fraction of sp³-hybridized carbons (Fsp3) is 0.223. The van der Waals surface area contributed by atoms with Crippen molar-refractivity contribution < 1.29 is 48.6 Å². The molecule has 8 atom stereocenters. The molecule has 5 heterocycles. The Hall–Kier alpha value is -13.5. The smallest absolute Gasteiger partial charge is 0.336 e. The fourth-order valence-electron chi connectivity index (χ4n) is 17.9. The number of carboxylic acids is 1. The van der Waals surface area contributed by atoms with Crippen LogP contribution in [0.1, 0.15) is 46.0 Å². The van der Waals surface area contributed by atoms with E-state index in [9.17, 15) is 14.4 Å². The highest BCUT2D eigenvalue weighted by Crippen LogP contribution is 2.42. The fourth-order valence-corrected chi connectivity index (χ4v) is 17.9. The number of benzene rings is 9. The number of fused-ring (bicyclic) bond motifs is 23. The van der Waals surface area contributed by atoms with Crippen LogP contribution in [0.3, 0.4) is 0 Å². The lowest BCUT2D eigenvalue weighted by Crippen LogP contribution is -2.09. The Labute approximate surface area is 745 Å². The summed E-state index contributed by atoms with van der Waals surface area (Å²) in [6.07, 6.45) is 48.3. The number of rotatable bonds is 9. The second-order valence-electron chi connectivity index (χ2n) is 31.1. The second-order valence-corrected chi connectivity index (χ2v) is 31.1. The van der Waals surface area contributed by atoms with Gasteiger partial charge in [0.05, 0.1) is 64.5 Å². The van der Waals surface area contributed by atoms with Gasteiger partial charge in [0.15, 0.2) is 0 Å². The number of hydrogen-bond donors (Lipinski definition) is 4. The lowest BCUT2D eigenvalue weighted by molar-refractivity contribution is -0.136. The Morgan fingerprint density at radius 2 is 0.638 bits per heavy atom. The number of esters is 1. The molecule has 652 valence electrons. The molecule has 14 aromatic rings. The van der Waals surface area contributed by atoms with E-state index >= 15 is 0 Å². The van der Waals surface area contributed by atoms with E-state index in [2.05, 4.69) is 327 Å². The van der Waals surface area contributed by atoms with Crippen molar-refractivity contribution in [1.29, 1.82) is 0 Å². The second kappa shape index (κ2) is 47.0. The van der Waals surface area contributed by atoms with Crippen LogP contribution in [0.2, 0.25) is 0 Å². The Balaban J connectivity index is 0.000000136. The van der Waals surface area contributed by atoms with Gasteiger partial charge in [-0.25, -0.2) is 14.4 Å². The zero-order chi connectivity index (χ0) is 90.3. The third-order valence-corrected chi connectivity index (χ3v) is 23.5. The van der Waals surface area contributed by atoms with E-state index in [1.54, 1.807) is 33.5 Å². The predicted molar refractivity (Wildman–Crippen MR) is 530 cm³/mol. The van der Waals surface area contributed by atoms with Crippen LogP contribution in [0.5, 0.6) is 0 Å². The molecule has 127 heavy (non-hydrogen) atoms. The number of carboxylic acid groups (broad SMARTS) is 1. The maximum Gasteiger partial charge on any atom is 0.336 e. The van der Waals surface area contributed by atoms with Crippen LogP contribution in [0.25, 0.3) is 123 Å². The zero-order valence-corrected chi connectivity index (χ0v) is 74.0. The van der Waals surface area contributed by atoms with Gasteiger partial charge in [0.1, 0.15) is 5.58 Å². The average Bonchev–Trinajstić information content (AvgIpc) is 1.63. The molecule has 24 rings (SSSR count). The quantitative estimate of drug-likeness (QED) is 0.0610. The average molecular weight is 1700 g/mol. The van der Waals surface area contributed by atoms with Crippen molar-refractivity contribution in [2.24, 2.45) is 59.2 Å². The molecule has 0 aliphatic heterocycles. The van der Waals surface area contributed by atoms with Crippen molar-refractivity contribution in [1.82, 2.24) is 18.3 Å². The van der Waals surface area contributed by atoms with Crippen molar-refractivity contribution in [2.45, 2.75) is 46.0 Å². The minimum Gasteiger partial charge on any atom is -0.478 e. The number of hydrogen-bond acceptors (Lipinski definition) is 10. The first-order valence-corrected chi connectivity index (χ1v) is 43.3. The molecule has 0 radical (unpaired) electrons. The van der Waals surface area contributed by atoms with Gasteiger partial charge in [0.25, 0.3) is 0 Å². The molecule has 9 aromatic carbocycles. The summed E-state index contributed by atoms with van der Waals surface area (Å²) in [7, 11) is 8.44. The lowest BCUT2D eigenvalue weighted by Gasteiger charge is -2.07. The van der Waals surface area contributed by atoms with Gasteiger partial charge >= 0.3 is 17.6 Å². The van der Waals surface area contributed by atoms with Crippen molar-refractivity contribution in [3.63, 3.8) is 0 Å². The Morgan fingerprint density at radius 1 is 0.362 bits per heavy atom. The maximum absolute atomic E-state index is 11.1. The summed E-state index contributed by atoms with van der Waals surface area (Å²) in [6, 6.07) is 77.8. The lowest BCUT2D eigenvalue weighted by atomic mass is 10.0. The summed E-state index contributed by atoms with van der Waals surface area (Å²) < 4.78 is 27.4. The normalized spacial score (nSPS) is 19.7. The number of aliphatic hydroxyl groups excluding tert-OH is 3. The molecule has 15 heteroatoms. The molecule has 0 spiro atoms. The maximum atomic E-state index is 11.1. The van der Waals surface area contributed by atoms with Gasteiger partial charge in [-0.1, -0.05) is 301 Å². The topological polar surface area (TPSA) is 193 Å². The van der Waals surface area contributed by atoms with Crippen molar-refractivity contribution in [3.8, 4) is 0 Å². The van der Waals surface area contributed by atoms with Crippen LogP contribution in [0.15, 0.2) is 386 Å². The van der Waals surface area contributed by atoms with Crippen LogP contribution >= 0.6 is 0 Å². The van der Waals surface area contributed by atoms with Crippen LogP contribution < -0.4 is 5.63 Å². The molecule has 8 unspecified atom stereocenters. The monoisotopic (exact) mass is 1690 g/mol. The Morgan fingerprint density at radius 3 is 0.866 bits per heavy atom. The van der Waals surface area contributed by atoms with E-state index in [0.29, 0.717) is 46.7 Å². The Kier molecular flexibility index (Phi) is 34.8. The number of aromatic nitrogens is 4. The molecule has 10 bridgehead atoms. The first-order chi connectivity index (χ1) is 62.3. The molecule has 15 nitrogen and oxygen atoms in total. The molecule has 0 saturated heterocycles. The largest absolute Gasteiger partial charge is 0.478 e. The van der Waals surface area contributed by atoms with Gasteiger partial charge in [-0.3, -0.25) is 0 Å². The highest BCUT2D eigenvalue weighted by atomic mass is 16.5. The van der Waals surface area contributed by atoms with Gasteiger partial charge < -0.3 is 57.3 Å². The predicted octanol–water partition coefficient (Wildman–Crippen LogP) is 25.0. The SMILES string of the molecule is C1=CC2C=CC1C2.C=Cn1c2ccccc2c2ccccc21.C=Cn1c2ccccc2c2ccccc21.C=Cn1c2ccccc2c2ccccc21.C=Cn1c2ccccc2c2ccccc21.CC.CO.CO.COC.COC(=O)C1=CC2C=CC1C2.COCC1=CC2C=CC1C2.O=C(O)C1=CC2C=CC1C2.O=c1ccc2ccccc2o1.OCC1=CC2C=CC1C2. The van der Waals surface area contributed by atoms with E-state index in [1.807, 2.05) is 75.1 Å². The molecule has 0 fully saturated rings. The summed E-state index contributed by atoms with van der Waals surface area (Å²) in [5, 5.41) is 42.7. The van der Waals surface area contributed by atoms with Gasteiger partial charge in [0.2, 0.25) is 0 Å². The number of aliphatic carboxylic acids is 1. The summed E-state index contributed by atoms with van der Waals surface area (Å²) in [5.41, 5.74) is 14.2. The van der Waals surface area contributed by atoms with Gasteiger partial charge in [0, 0.05) is 150 Å². The summed E-state index contributed by atoms with van der Waals surface area (Å²) in [6.45, 7) is 20.5. The number of aliphatic hydroxyl groups is 3. The van der Waals surface area contributed by atoms with E-state index in [4.69, 9.17) is 29.6 Å². The molecular formula is C112H118N4O11. The highest BCUT2D eigenvalue weighted by Gasteiger charge is 2.34. The number of nitrogens with zero attached hydrogens (tertiary/aromatic N) is 4. The standard InChI is InChI=1S/4C14H11N.C9H10O2.C9H6O2.C9H12O.C8H8O2.C8H10O.C7H8.C2H6O.C2H6.2CH4O/c4*1-2-15-13-9-5-3-7-11(13)12-8-4-6-10-14(12)15;1-11-9(10)8-5-6-2-3-7(8)4-6;10-9-6-5-7-3-1-2-4-8(7)11-9;1-10-6-9-5-7-2-3-8(9)4-7;9-8(10)7-4-5-1-2-6(7)3-5;9-5-8-4-6-1-2-7(8)3-6;1-2-7-4-3-6(1)5-7;1-3-2;3*1-2/h4*2-10H,1H2;2-3,5-7H,4H2,1H3;1-6H;2-3,5,7-8H,4,6H2,1H3;1-2,4-6H,3H2,(H,9,10);1-2,4,6-7,9H,3,5H2;1-4,6-7H,5H2;1-2H3;1-2H3;2*2H,1H3. The van der Waals surface area contributed by atoms with E-state index in [0.717, 1.165) is 62.4 Å². The van der Waals surface area contributed by atoms with Crippen molar-refractivity contribution >= 4 is 135 Å². The van der Waals surface area contributed by atoms with Crippen LogP contribution in [-0.2, 0) is 23.8 Å². The minimum absolute atomic E-state index is 0.165. The summed E-state index contributed by atoms with van der Waals surface area (Å²) in [4.78, 5) is 32.3. The number of ether oxygens (including phenoxy) is 3. The van der Waals surface area contributed by atoms with Crippen LogP contribution in [0.4, 0.5) is 0 Å². The first kappa shape index (κ1) is 94.2. The van der Waals surface area contributed by atoms with Crippen LogP contribution in [-0.4, -0.2) is 107 Å². The van der Waals surface area contributed by atoms with Crippen molar-refractivity contribution in [2.75, 3.05) is 55.9 Å². The number of carbonyl (C=O) groups excluding carboxylic acids is 1. The van der Waals surface area contributed by atoms with E-state index < -0.39 is 5.97 Å². The van der Waals surface area contributed by atoms with E-state index in [-0.39, 0.29) is 24.1 Å². The van der Waals surface area contributed by atoms with Gasteiger partial charge in [-0.2, -0.15) is 0 Å². The molecular weight excluding hydrogens is 1580 g/mol. The van der Waals surface area contributed by atoms with Gasteiger partial charge in [-0.05, 0) is 139 Å². The third-order valence-electron chi connectivity index (χ3n) is 23.5. The summed E-state index contributed by atoms with van der Waals surface area (Å²) in [5.74, 6) is 4.84. The zero-order valence-electron chi connectivity index (χ0n) is 74.0. The molecule has 0 amide bonds. The summed E-state index contributed by atoms with van der Waals surface area (Å²) >= 11 is 0. The van der Waals surface area contributed by atoms with Crippen molar-refractivity contribution in [3.05, 3.63) is 387 Å². The van der Waals surface area contributed by atoms with Gasteiger partial charge in [-0.15, -0.1) is 0 Å². The molecule has 5 aromatic heterocycles. The molecule has 10 aliphatic carbocycles. The Bertz CT molecular complexity index is 5820. The molecule has 10 aliphatic rings. The first-order valence-electron chi connectivity index (χ1n) is 43.3. The number of para-hydroxylation sites is 9. The number of carbonyl (C=O) groups is 2. The highest BCUT2D eigenvalue weighted by molar-refractivity contribution is 6.12. The van der Waals surface area contributed by atoms with Crippen LogP contribution in [0, 0.1) is 59.2 Å². The van der Waals surface area contributed by atoms with E-state index in [1.165, 1.54) is 131 Å². The number of methoxy groups -OCH3 is 3. The third kappa shape index (κ3) is 22.4. The molecule has 0 saturated carbocycles. The molecule has 4 N–H and O–H groups in total.